The van der Waals surface area contributed by atoms with Crippen LogP contribution in [0.15, 0.2) is 21.9 Å². The van der Waals surface area contributed by atoms with Crippen molar-refractivity contribution in [3.05, 3.63) is 23.4 Å². The first-order valence-electron chi connectivity index (χ1n) is 8.80. The predicted octanol–water partition coefficient (Wildman–Crippen LogP) is 3.17. The van der Waals surface area contributed by atoms with Gasteiger partial charge in [-0.3, -0.25) is 4.79 Å². The van der Waals surface area contributed by atoms with Crippen LogP contribution in [0.25, 0.3) is 10.8 Å². The van der Waals surface area contributed by atoms with Crippen LogP contribution in [0.5, 0.6) is 0 Å². The van der Waals surface area contributed by atoms with Crippen LogP contribution < -0.4 is 0 Å². The summed E-state index contributed by atoms with van der Waals surface area (Å²) in [7, 11) is 0. The molecule has 132 valence electrons. The summed E-state index contributed by atoms with van der Waals surface area (Å²) in [5.74, 6) is 1.45. The topological polar surface area (TPSA) is 85.5 Å². The van der Waals surface area contributed by atoms with E-state index in [0.29, 0.717) is 30.0 Å². The monoisotopic (exact) mass is 360 g/mol. The molecule has 25 heavy (non-hydrogen) atoms. The fourth-order valence-corrected chi connectivity index (χ4v) is 6.19. The summed E-state index contributed by atoms with van der Waals surface area (Å²) >= 11 is 1.52. The minimum Gasteiger partial charge on any atom is -0.455 e. The van der Waals surface area contributed by atoms with Crippen molar-refractivity contribution in [2.45, 2.75) is 50.7 Å². The van der Waals surface area contributed by atoms with E-state index in [0.717, 1.165) is 37.0 Å². The molecule has 4 bridgehead atoms. The van der Waals surface area contributed by atoms with Gasteiger partial charge in [-0.05, 0) is 61.8 Å². The van der Waals surface area contributed by atoms with Gasteiger partial charge < -0.3 is 14.3 Å². The Kier molecular flexibility index (Phi) is 3.34. The Morgan fingerprint density at radius 3 is 2.80 bits per heavy atom. The number of rotatable bonds is 4. The van der Waals surface area contributed by atoms with Gasteiger partial charge in [-0.25, -0.2) is 0 Å². The Morgan fingerprint density at radius 1 is 1.32 bits per heavy atom. The standard InChI is InChI=1S/C18H20N2O4S/c21-16(17-5-11-4-12(6-17)8-18(22,7-11)10-17)23-9-14-19-20-15(24-14)13-2-1-3-25-13/h1-3,11-12,22H,4-10H2/t11-,12-,17?,18?/m1/s1. The maximum Gasteiger partial charge on any atom is 0.312 e. The molecule has 0 aromatic carbocycles. The summed E-state index contributed by atoms with van der Waals surface area (Å²) in [6.07, 6.45) is 5.05. The maximum absolute atomic E-state index is 12.8. The number of thiophene rings is 1. The molecule has 0 aliphatic heterocycles. The number of aliphatic hydroxyl groups is 1. The van der Waals surface area contributed by atoms with Crippen molar-refractivity contribution >= 4 is 17.3 Å². The third-order valence-electron chi connectivity index (χ3n) is 5.99. The van der Waals surface area contributed by atoms with E-state index in [1.165, 1.54) is 11.3 Å². The minimum absolute atomic E-state index is 0.00722. The number of carbonyl (C=O) groups is 1. The van der Waals surface area contributed by atoms with Crippen molar-refractivity contribution in [2.75, 3.05) is 0 Å². The van der Waals surface area contributed by atoms with E-state index in [-0.39, 0.29) is 12.6 Å². The van der Waals surface area contributed by atoms with Crippen molar-refractivity contribution < 1.29 is 19.1 Å². The molecule has 6 nitrogen and oxygen atoms in total. The van der Waals surface area contributed by atoms with Gasteiger partial charge >= 0.3 is 5.97 Å². The van der Waals surface area contributed by atoms with Crippen molar-refractivity contribution in [3.8, 4) is 10.8 Å². The van der Waals surface area contributed by atoms with Crippen LogP contribution in [0.2, 0.25) is 0 Å². The largest absolute Gasteiger partial charge is 0.455 e. The van der Waals surface area contributed by atoms with Crippen molar-refractivity contribution in [1.29, 1.82) is 0 Å². The van der Waals surface area contributed by atoms with Gasteiger partial charge in [0, 0.05) is 0 Å². The van der Waals surface area contributed by atoms with Crippen LogP contribution in [-0.4, -0.2) is 26.9 Å². The molecule has 1 N–H and O–H groups in total. The highest BCUT2D eigenvalue weighted by Gasteiger charge is 2.60. The van der Waals surface area contributed by atoms with Gasteiger partial charge in [0.15, 0.2) is 6.61 Å². The van der Waals surface area contributed by atoms with Gasteiger partial charge in [-0.1, -0.05) is 6.07 Å². The lowest BCUT2D eigenvalue weighted by Gasteiger charge is -2.58. The van der Waals surface area contributed by atoms with Crippen molar-refractivity contribution in [2.24, 2.45) is 17.3 Å². The number of esters is 1. The molecule has 4 fully saturated rings. The molecular weight excluding hydrogens is 340 g/mol. The van der Waals surface area contributed by atoms with E-state index < -0.39 is 11.0 Å². The molecule has 0 saturated heterocycles. The molecule has 4 saturated carbocycles. The van der Waals surface area contributed by atoms with Crippen LogP contribution >= 0.6 is 11.3 Å². The first-order chi connectivity index (χ1) is 12.0. The second kappa shape index (κ2) is 5.38. The molecular formula is C18H20N2O4S. The third kappa shape index (κ3) is 2.60. The molecule has 7 heteroatoms. The van der Waals surface area contributed by atoms with Crippen molar-refractivity contribution in [1.82, 2.24) is 10.2 Å². The smallest absolute Gasteiger partial charge is 0.312 e. The van der Waals surface area contributed by atoms with E-state index in [9.17, 15) is 9.90 Å². The number of hydrogen-bond donors (Lipinski definition) is 1. The van der Waals surface area contributed by atoms with Crippen LogP contribution in [0, 0.1) is 17.3 Å². The highest BCUT2D eigenvalue weighted by Crippen LogP contribution is 2.62. The first kappa shape index (κ1) is 15.5. The minimum atomic E-state index is -0.667. The summed E-state index contributed by atoms with van der Waals surface area (Å²) in [5, 5.41) is 20.7. The Morgan fingerprint density at radius 2 is 2.12 bits per heavy atom. The van der Waals surface area contributed by atoms with Crippen LogP contribution in [0.3, 0.4) is 0 Å². The molecule has 4 aliphatic carbocycles. The summed E-state index contributed by atoms with van der Waals surface area (Å²) in [6.45, 7) is -0.00722. The van der Waals surface area contributed by atoms with Gasteiger partial charge in [0.25, 0.3) is 11.8 Å². The van der Waals surface area contributed by atoms with Crippen LogP contribution in [0.1, 0.15) is 44.4 Å². The zero-order chi connectivity index (χ0) is 17.1. The highest BCUT2D eigenvalue weighted by molar-refractivity contribution is 7.13. The zero-order valence-corrected chi connectivity index (χ0v) is 14.6. The molecule has 6 rings (SSSR count). The second-order valence-electron chi connectivity index (χ2n) is 8.02. The van der Waals surface area contributed by atoms with Crippen molar-refractivity contribution in [3.63, 3.8) is 0 Å². The average Bonchev–Trinajstić information content (AvgIpc) is 3.21. The van der Waals surface area contributed by atoms with Crippen LogP contribution in [-0.2, 0) is 16.1 Å². The summed E-state index contributed by atoms with van der Waals surface area (Å²) < 4.78 is 11.1. The fraction of sp³-hybridized carbons (Fsp3) is 0.611. The lowest BCUT2D eigenvalue weighted by molar-refractivity contribution is -0.197. The molecule has 0 spiro atoms. The summed E-state index contributed by atoms with van der Waals surface area (Å²) in [6, 6.07) is 3.83. The number of nitrogens with zero attached hydrogens (tertiary/aromatic N) is 2. The zero-order valence-electron chi connectivity index (χ0n) is 13.8. The molecule has 4 aliphatic rings. The third-order valence-corrected chi connectivity index (χ3v) is 6.85. The fourth-order valence-electron chi connectivity index (χ4n) is 5.55. The predicted molar refractivity (Wildman–Crippen MR) is 89.5 cm³/mol. The molecule has 2 aromatic heterocycles. The molecule has 0 radical (unpaired) electrons. The van der Waals surface area contributed by atoms with Crippen LogP contribution in [0.4, 0.5) is 0 Å². The lowest BCUT2D eigenvalue weighted by Crippen LogP contribution is -2.58. The summed E-state index contributed by atoms with van der Waals surface area (Å²) in [4.78, 5) is 13.7. The van der Waals surface area contributed by atoms with E-state index in [1.807, 2.05) is 17.5 Å². The van der Waals surface area contributed by atoms with E-state index in [2.05, 4.69) is 10.2 Å². The summed E-state index contributed by atoms with van der Waals surface area (Å²) in [5.41, 5.74) is -1.19. The highest BCUT2D eigenvalue weighted by atomic mass is 32.1. The van der Waals surface area contributed by atoms with E-state index >= 15 is 0 Å². The normalized spacial score (nSPS) is 35.9. The molecule has 2 aromatic rings. The molecule has 2 atom stereocenters. The number of ether oxygens (including phenoxy) is 1. The molecule has 0 amide bonds. The SMILES string of the molecule is O=C(OCc1nnc(-c2cccs2)o1)C12C[C@H]3C[C@@H](CC(O)(C3)C1)C2. The second-order valence-corrected chi connectivity index (χ2v) is 8.97. The van der Waals surface area contributed by atoms with Gasteiger partial charge in [0.1, 0.15) is 0 Å². The number of carbonyl (C=O) groups excluding carboxylic acids is 1. The number of aromatic nitrogens is 2. The Labute approximate surface area is 149 Å². The van der Waals surface area contributed by atoms with Gasteiger partial charge in [0.2, 0.25) is 0 Å². The lowest BCUT2D eigenvalue weighted by atomic mass is 9.48. The van der Waals surface area contributed by atoms with Gasteiger partial charge in [-0.15, -0.1) is 21.5 Å². The maximum atomic E-state index is 12.8. The quantitative estimate of drug-likeness (QED) is 0.843. The average molecular weight is 360 g/mol. The van der Waals surface area contributed by atoms with E-state index in [4.69, 9.17) is 9.15 Å². The van der Waals surface area contributed by atoms with Gasteiger partial charge in [0.05, 0.1) is 15.9 Å². The number of hydrogen-bond acceptors (Lipinski definition) is 7. The Hall–Kier alpha value is -1.73. The van der Waals surface area contributed by atoms with E-state index in [1.54, 1.807) is 0 Å². The Bertz CT molecular complexity index is 786. The molecule has 2 heterocycles. The van der Waals surface area contributed by atoms with Gasteiger partial charge in [-0.2, -0.15) is 0 Å². The molecule has 0 unspecified atom stereocenters. The first-order valence-corrected chi connectivity index (χ1v) is 9.68. The Balaban J connectivity index is 1.28.